The molecule has 4 aromatic rings. The fourth-order valence-electron chi connectivity index (χ4n) is 4.03. The zero-order valence-corrected chi connectivity index (χ0v) is 19.4. The van der Waals surface area contributed by atoms with Gasteiger partial charge >= 0.3 is 0 Å². The molecule has 0 bridgehead atoms. The number of carbonyl (C=O) groups is 1. The third-order valence-corrected chi connectivity index (χ3v) is 5.89. The second-order valence-corrected chi connectivity index (χ2v) is 8.14. The highest BCUT2D eigenvalue weighted by molar-refractivity contribution is 6.01. The molecule has 0 aliphatic carbocycles. The first-order valence-electron chi connectivity index (χ1n) is 11.2. The molecule has 0 radical (unpaired) electrons. The molecule has 5 rings (SSSR count). The molecule has 1 aliphatic heterocycles. The number of hydrogen-bond acceptors (Lipinski definition) is 6. The fourth-order valence-corrected chi connectivity index (χ4v) is 4.03. The number of methoxy groups -OCH3 is 1. The molecule has 1 amide bonds. The predicted octanol–water partition coefficient (Wildman–Crippen LogP) is 5.32. The first kappa shape index (κ1) is 22.2. The first-order valence-corrected chi connectivity index (χ1v) is 11.2. The molecule has 2 N–H and O–H groups in total. The molecule has 2 heterocycles. The molecule has 2 unspecified atom stereocenters. The van der Waals surface area contributed by atoms with Crippen molar-refractivity contribution in [1.82, 2.24) is 20.0 Å². The molecular formula is C27H25N6O2+. The van der Waals surface area contributed by atoms with Crippen LogP contribution in [0.3, 0.4) is 0 Å². The third-order valence-electron chi connectivity index (χ3n) is 5.89. The van der Waals surface area contributed by atoms with Gasteiger partial charge in [0.15, 0.2) is 5.69 Å². The Balaban J connectivity index is 1.52. The van der Waals surface area contributed by atoms with Crippen molar-refractivity contribution in [2.24, 2.45) is 4.99 Å². The average Bonchev–Trinajstić information content (AvgIpc) is 3.29. The summed E-state index contributed by atoms with van der Waals surface area (Å²) in [5.41, 5.74) is 6.23. The summed E-state index contributed by atoms with van der Waals surface area (Å²) in [6.07, 6.45) is 3.35. The molecule has 35 heavy (non-hydrogen) atoms. The Kier molecular flexibility index (Phi) is 5.95. The number of nitrogens with zero attached hydrogens (tertiary/aromatic N) is 4. The van der Waals surface area contributed by atoms with Crippen LogP contribution in [0, 0.1) is 0 Å². The number of anilines is 1. The van der Waals surface area contributed by atoms with E-state index in [-0.39, 0.29) is 16.5 Å². The molecule has 0 fully saturated rings. The van der Waals surface area contributed by atoms with Crippen LogP contribution in [0.1, 0.15) is 28.9 Å². The van der Waals surface area contributed by atoms with Gasteiger partial charge in [0.25, 0.3) is 11.7 Å². The highest BCUT2D eigenvalue weighted by atomic mass is 16.5. The molecule has 0 spiro atoms. The number of rotatable bonds is 7. The quantitative estimate of drug-likeness (QED) is 0.361. The van der Waals surface area contributed by atoms with Crippen LogP contribution in [0.25, 0.3) is 0 Å². The van der Waals surface area contributed by atoms with Crippen LogP contribution in [-0.4, -0.2) is 29.3 Å². The summed E-state index contributed by atoms with van der Waals surface area (Å²) in [6, 6.07) is 26.5. The number of benzene rings is 3. The molecule has 1 aromatic heterocycles. The maximum Gasteiger partial charge on any atom is 0.297 e. The Hall–Kier alpha value is -4.56. The van der Waals surface area contributed by atoms with E-state index in [1.807, 2.05) is 61.5 Å². The minimum Gasteiger partial charge on any atom is -0.497 e. The standard InChI is InChI=1S/C27H24N6O2/c1-19(20-9-4-3-5-10-20)30-27-28-16-15-25(31-27)33(18-29-23-13-6-7-14-24(23)33)32-26(34)21-11-8-12-22(17-21)35-2/h3-19H,1-2H3,(H-,28,30,31,32,34)/p+1. The fraction of sp³-hybridized carbons (Fsp3) is 0.111. The molecule has 174 valence electrons. The van der Waals surface area contributed by atoms with Crippen molar-refractivity contribution in [3.63, 3.8) is 0 Å². The summed E-state index contributed by atoms with van der Waals surface area (Å²) in [7, 11) is 1.57. The van der Waals surface area contributed by atoms with Gasteiger partial charge in [0.1, 0.15) is 11.4 Å². The Morgan fingerprint density at radius 1 is 0.971 bits per heavy atom. The zero-order valence-electron chi connectivity index (χ0n) is 19.4. The van der Waals surface area contributed by atoms with Gasteiger partial charge in [-0.15, -0.1) is 0 Å². The Morgan fingerprint density at radius 2 is 1.77 bits per heavy atom. The second kappa shape index (κ2) is 9.36. The lowest BCUT2D eigenvalue weighted by atomic mass is 10.1. The van der Waals surface area contributed by atoms with E-state index < -0.39 is 0 Å². The number of amides is 1. The lowest BCUT2D eigenvalue weighted by Crippen LogP contribution is -2.56. The number of fused-ring (bicyclic) bond motifs is 1. The van der Waals surface area contributed by atoms with E-state index >= 15 is 0 Å². The van der Waals surface area contributed by atoms with E-state index in [0.717, 1.165) is 16.9 Å². The molecule has 0 saturated heterocycles. The highest BCUT2D eigenvalue weighted by Gasteiger charge is 2.43. The summed E-state index contributed by atoms with van der Waals surface area (Å²) < 4.78 is 5.11. The summed E-state index contributed by atoms with van der Waals surface area (Å²) >= 11 is 0. The van der Waals surface area contributed by atoms with Crippen LogP contribution in [0.5, 0.6) is 5.75 Å². The molecule has 3 aromatic carbocycles. The van der Waals surface area contributed by atoms with Crippen LogP contribution in [-0.2, 0) is 0 Å². The van der Waals surface area contributed by atoms with E-state index in [9.17, 15) is 4.79 Å². The topological polar surface area (TPSA) is 88.5 Å². The number of hydrogen-bond donors (Lipinski definition) is 2. The van der Waals surface area contributed by atoms with Gasteiger partial charge in [-0.3, -0.25) is 4.79 Å². The largest absolute Gasteiger partial charge is 0.497 e. The highest BCUT2D eigenvalue weighted by Crippen LogP contribution is 2.42. The van der Waals surface area contributed by atoms with Gasteiger partial charge in [-0.25, -0.2) is 4.98 Å². The number of ether oxygens (including phenoxy) is 1. The SMILES string of the molecule is COc1cccc(C(=O)N[N+]2(c3ccnc(NC(C)c4ccccc4)n3)C=Nc3ccccc32)c1. The van der Waals surface area contributed by atoms with Crippen molar-refractivity contribution >= 4 is 35.4 Å². The van der Waals surface area contributed by atoms with E-state index in [1.54, 1.807) is 50.0 Å². The average molecular weight is 466 g/mol. The van der Waals surface area contributed by atoms with Gasteiger partial charge in [0, 0.05) is 23.9 Å². The number of carbonyl (C=O) groups excluding carboxylic acids is 1. The molecule has 8 heteroatoms. The zero-order chi connectivity index (χ0) is 24.3. The van der Waals surface area contributed by atoms with E-state index in [1.165, 1.54) is 0 Å². The summed E-state index contributed by atoms with van der Waals surface area (Å²) in [5.74, 6) is 1.30. The Morgan fingerprint density at radius 3 is 2.60 bits per heavy atom. The van der Waals surface area contributed by atoms with Crippen LogP contribution in [0.15, 0.2) is 96.1 Å². The molecule has 2 atom stereocenters. The summed E-state index contributed by atoms with van der Waals surface area (Å²) in [6.45, 7) is 2.05. The lowest BCUT2D eigenvalue weighted by molar-refractivity contribution is 0.0904. The van der Waals surface area contributed by atoms with Gasteiger partial charge in [0.05, 0.1) is 13.2 Å². The third kappa shape index (κ3) is 4.34. The van der Waals surface area contributed by atoms with Crippen molar-refractivity contribution in [3.05, 3.63) is 102 Å². The number of nitrogens with one attached hydrogen (secondary N) is 2. The number of quaternary nitrogens is 1. The van der Waals surface area contributed by atoms with Gasteiger partial charge in [-0.1, -0.05) is 53.1 Å². The van der Waals surface area contributed by atoms with Crippen molar-refractivity contribution in [2.45, 2.75) is 13.0 Å². The van der Waals surface area contributed by atoms with Gasteiger partial charge < -0.3 is 10.1 Å². The van der Waals surface area contributed by atoms with E-state index in [2.05, 4.69) is 20.7 Å². The van der Waals surface area contributed by atoms with E-state index in [0.29, 0.717) is 23.1 Å². The summed E-state index contributed by atoms with van der Waals surface area (Å²) in [4.78, 5) is 27.2. The number of aromatic nitrogens is 2. The first-order chi connectivity index (χ1) is 17.1. The second-order valence-electron chi connectivity index (χ2n) is 8.14. The normalized spacial score (nSPS) is 16.9. The minimum absolute atomic E-state index is 0.00851. The molecular weight excluding hydrogens is 440 g/mol. The van der Waals surface area contributed by atoms with Crippen LogP contribution in [0.4, 0.5) is 23.1 Å². The van der Waals surface area contributed by atoms with Gasteiger partial charge in [-0.2, -0.15) is 15.4 Å². The van der Waals surface area contributed by atoms with Crippen LogP contribution >= 0.6 is 0 Å². The van der Waals surface area contributed by atoms with Crippen molar-refractivity contribution < 1.29 is 9.53 Å². The predicted molar refractivity (Wildman–Crippen MR) is 137 cm³/mol. The minimum atomic E-state index is -0.294. The smallest absolute Gasteiger partial charge is 0.297 e. The van der Waals surface area contributed by atoms with Crippen molar-refractivity contribution in [1.29, 1.82) is 0 Å². The number of para-hydroxylation sites is 2. The van der Waals surface area contributed by atoms with E-state index in [4.69, 9.17) is 9.72 Å². The Labute approximate surface area is 203 Å². The van der Waals surface area contributed by atoms with Crippen LogP contribution in [0.2, 0.25) is 0 Å². The van der Waals surface area contributed by atoms with Gasteiger partial charge in [-0.05, 0) is 36.8 Å². The monoisotopic (exact) mass is 465 g/mol. The van der Waals surface area contributed by atoms with Crippen molar-refractivity contribution in [3.8, 4) is 5.75 Å². The molecule has 0 saturated carbocycles. The van der Waals surface area contributed by atoms with Crippen LogP contribution < -0.4 is 20.1 Å². The Bertz CT molecular complexity index is 1390. The summed E-state index contributed by atoms with van der Waals surface area (Å²) in [5, 5.41) is 3.36. The maximum absolute atomic E-state index is 13.4. The lowest BCUT2D eigenvalue weighted by Gasteiger charge is -2.28. The van der Waals surface area contributed by atoms with Crippen molar-refractivity contribution in [2.75, 3.05) is 12.4 Å². The van der Waals surface area contributed by atoms with Gasteiger partial charge in [0.2, 0.25) is 12.3 Å². The molecule has 1 aliphatic rings. The maximum atomic E-state index is 13.4. The number of aliphatic imine (C=N–C) groups is 1. The molecule has 8 nitrogen and oxygen atoms in total.